The van der Waals surface area contributed by atoms with Crippen molar-refractivity contribution in [3.8, 4) is 0 Å². The largest absolute Gasteiger partial charge is 0.350 e. The minimum absolute atomic E-state index is 0.384. The third-order valence-electron chi connectivity index (χ3n) is 3.49. The molecular formula is C13H16N2. The lowest BCUT2D eigenvalue weighted by Gasteiger charge is -2.00. The molecule has 1 aromatic carbocycles. The van der Waals surface area contributed by atoms with E-state index in [2.05, 4.69) is 42.9 Å². The first kappa shape index (κ1) is 8.98. The maximum absolute atomic E-state index is 5.94. The molecule has 2 atom stereocenters. The molecule has 3 rings (SSSR count). The lowest BCUT2D eigenvalue weighted by atomic mass is 10.0. The molecule has 2 heteroatoms. The van der Waals surface area contributed by atoms with Gasteiger partial charge in [0.25, 0.3) is 0 Å². The van der Waals surface area contributed by atoms with Crippen LogP contribution in [0, 0.1) is 6.92 Å². The van der Waals surface area contributed by atoms with Gasteiger partial charge in [0, 0.05) is 36.1 Å². The Bertz CT molecular complexity index is 525. The molecule has 0 bridgehead atoms. The van der Waals surface area contributed by atoms with Crippen molar-refractivity contribution >= 4 is 10.9 Å². The third-order valence-corrected chi connectivity index (χ3v) is 3.49. The van der Waals surface area contributed by atoms with E-state index in [9.17, 15) is 0 Å². The molecule has 15 heavy (non-hydrogen) atoms. The highest BCUT2D eigenvalue weighted by Gasteiger charge is 2.37. The van der Waals surface area contributed by atoms with Gasteiger partial charge in [-0.1, -0.05) is 12.1 Å². The Hall–Kier alpha value is -1.28. The Labute approximate surface area is 89.7 Å². The fourth-order valence-corrected chi connectivity index (χ4v) is 2.52. The summed E-state index contributed by atoms with van der Waals surface area (Å²) in [6, 6.07) is 6.86. The van der Waals surface area contributed by atoms with Gasteiger partial charge in [-0.3, -0.25) is 0 Å². The summed E-state index contributed by atoms with van der Waals surface area (Å²) in [5.41, 5.74) is 10.1. The zero-order valence-electron chi connectivity index (χ0n) is 9.20. The molecule has 1 heterocycles. The van der Waals surface area contributed by atoms with Gasteiger partial charge in [0.05, 0.1) is 0 Å². The second-order valence-corrected chi connectivity index (χ2v) is 4.67. The number of hydrogen-bond acceptors (Lipinski definition) is 1. The first-order chi connectivity index (χ1) is 7.18. The summed E-state index contributed by atoms with van der Waals surface area (Å²) in [5.74, 6) is 0.592. The quantitative estimate of drug-likeness (QED) is 0.752. The average Bonchev–Trinajstić information content (AvgIpc) is 2.82. The SMILES string of the molecule is Cc1cccc2c1c([C@H]1C[C@@H]1N)cn2C. The van der Waals surface area contributed by atoms with Crippen molar-refractivity contribution in [3.05, 3.63) is 35.5 Å². The molecule has 1 aliphatic rings. The summed E-state index contributed by atoms with van der Waals surface area (Å²) >= 11 is 0. The summed E-state index contributed by atoms with van der Waals surface area (Å²) in [4.78, 5) is 0. The van der Waals surface area contributed by atoms with E-state index < -0.39 is 0 Å². The first-order valence-corrected chi connectivity index (χ1v) is 5.48. The lowest BCUT2D eigenvalue weighted by Crippen LogP contribution is -2.00. The zero-order chi connectivity index (χ0) is 10.6. The molecule has 0 aliphatic heterocycles. The molecule has 2 aromatic rings. The number of benzene rings is 1. The van der Waals surface area contributed by atoms with Crippen molar-refractivity contribution in [3.63, 3.8) is 0 Å². The van der Waals surface area contributed by atoms with Gasteiger partial charge in [-0.25, -0.2) is 0 Å². The van der Waals surface area contributed by atoms with E-state index in [1.54, 1.807) is 0 Å². The maximum Gasteiger partial charge on any atom is 0.0483 e. The van der Waals surface area contributed by atoms with Gasteiger partial charge < -0.3 is 10.3 Å². The molecule has 0 radical (unpaired) electrons. The van der Waals surface area contributed by atoms with E-state index in [0.717, 1.165) is 6.42 Å². The fourth-order valence-electron chi connectivity index (χ4n) is 2.52. The van der Waals surface area contributed by atoms with Gasteiger partial charge in [0.1, 0.15) is 0 Å². The Kier molecular flexibility index (Phi) is 1.71. The number of nitrogens with two attached hydrogens (primary N) is 1. The van der Waals surface area contributed by atoms with Crippen LogP contribution in [0.25, 0.3) is 10.9 Å². The molecule has 0 amide bonds. The average molecular weight is 200 g/mol. The Morgan fingerprint density at radius 1 is 1.40 bits per heavy atom. The van der Waals surface area contributed by atoms with Crippen LogP contribution in [0.3, 0.4) is 0 Å². The number of nitrogens with zero attached hydrogens (tertiary/aromatic N) is 1. The van der Waals surface area contributed by atoms with Crippen LogP contribution in [0.15, 0.2) is 24.4 Å². The van der Waals surface area contributed by atoms with Crippen molar-refractivity contribution in [2.45, 2.75) is 25.3 Å². The molecule has 0 spiro atoms. The summed E-state index contributed by atoms with van der Waals surface area (Å²) in [6.07, 6.45) is 3.39. The van der Waals surface area contributed by atoms with Gasteiger partial charge in [-0.2, -0.15) is 0 Å². The summed E-state index contributed by atoms with van der Waals surface area (Å²) in [5, 5.41) is 1.41. The molecule has 0 saturated heterocycles. The van der Waals surface area contributed by atoms with Crippen molar-refractivity contribution in [1.82, 2.24) is 4.57 Å². The Morgan fingerprint density at radius 2 is 2.13 bits per heavy atom. The van der Waals surface area contributed by atoms with Gasteiger partial charge in [-0.15, -0.1) is 0 Å². The van der Waals surface area contributed by atoms with E-state index >= 15 is 0 Å². The summed E-state index contributed by atoms with van der Waals surface area (Å²) in [6.45, 7) is 2.18. The molecule has 1 aromatic heterocycles. The maximum atomic E-state index is 5.94. The summed E-state index contributed by atoms with van der Waals surface area (Å²) in [7, 11) is 2.11. The van der Waals surface area contributed by atoms with Crippen LogP contribution in [0.4, 0.5) is 0 Å². The minimum Gasteiger partial charge on any atom is -0.350 e. The molecule has 1 saturated carbocycles. The van der Waals surface area contributed by atoms with E-state index in [1.165, 1.54) is 22.0 Å². The highest BCUT2D eigenvalue weighted by Crippen LogP contribution is 2.43. The number of aromatic nitrogens is 1. The smallest absolute Gasteiger partial charge is 0.0483 e. The highest BCUT2D eigenvalue weighted by atomic mass is 14.9. The van der Waals surface area contributed by atoms with Crippen molar-refractivity contribution in [2.24, 2.45) is 12.8 Å². The van der Waals surface area contributed by atoms with E-state index in [1.807, 2.05) is 0 Å². The minimum atomic E-state index is 0.384. The van der Waals surface area contributed by atoms with E-state index in [0.29, 0.717) is 12.0 Å². The van der Waals surface area contributed by atoms with Crippen molar-refractivity contribution < 1.29 is 0 Å². The van der Waals surface area contributed by atoms with Crippen LogP contribution in [0.5, 0.6) is 0 Å². The number of rotatable bonds is 1. The number of aryl methyl sites for hydroxylation is 2. The topological polar surface area (TPSA) is 30.9 Å². The second-order valence-electron chi connectivity index (χ2n) is 4.67. The number of hydrogen-bond donors (Lipinski definition) is 1. The van der Waals surface area contributed by atoms with Crippen LogP contribution in [0.2, 0.25) is 0 Å². The van der Waals surface area contributed by atoms with Crippen LogP contribution >= 0.6 is 0 Å². The molecule has 1 aliphatic carbocycles. The predicted octanol–water partition coefficient (Wildman–Crippen LogP) is 2.30. The molecule has 1 fully saturated rings. The third kappa shape index (κ3) is 1.21. The second kappa shape index (κ2) is 2.86. The molecule has 0 unspecified atom stereocenters. The van der Waals surface area contributed by atoms with Gasteiger partial charge in [-0.05, 0) is 30.5 Å². The molecule has 78 valence electrons. The standard InChI is InChI=1S/C13H16N2/c1-8-4-3-5-12-13(8)10(7-15(12)2)9-6-11(9)14/h3-5,7,9,11H,6,14H2,1-2H3/t9-,11+/m1/s1. The molecule has 2 N–H and O–H groups in total. The van der Waals surface area contributed by atoms with Crippen LogP contribution in [-0.4, -0.2) is 10.6 Å². The van der Waals surface area contributed by atoms with E-state index in [4.69, 9.17) is 5.73 Å². The highest BCUT2D eigenvalue weighted by molar-refractivity contribution is 5.88. The number of fused-ring (bicyclic) bond motifs is 1. The Balaban J connectivity index is 2.30. The molecule has 2 nitrogen and oxygen atoms in total. The molecular weight excluding hydrogens is 184 g/mol. The van der Waals surface area contributed by atoms with Gasteiger partial charge in [0.15, 0.2) is 0 Å². The first-order valence-electron chi connectivity index (χ1n) is 5.48. The Morgan fingerprint density at radius 3 is 2.80 bits per heavy atom. The summed E-state index contributed by atoms with van der Waals surface area (Å²) < 4.78 is 2.21. The van der Waals surface area contributed by atoms with Crippen molar-refractivity contribution in [2.75, 3.05) is 0 Å². The fraction of sp³-hybridized carbons (Fsp3) is 0.385. The predicted molar refractivity (Wildman–Crippen MR) is 63.0 cm³/mol. The van der Waals surface area contributed by atoms with Crippen LogP contribution in [0.1, 0.15) is 23.5 Å². The van der Waals surface area contributed by atoms with Crippen molar-refractivity contribution in [1.29, 1.82) is 0 Å². The normalized spacial score (nSPS) is 24.7. The van der Waals surface area contributed by atoms with E-state index in [-0.39, 0.29) is 0 Å². The van der Waals surface area contributed by atoms with Gasteiger partial charge in [0.2, 0.25) is 0 Å². The monoisotopic (exact) mass is 200 g/mol. The van der Waals surface area contributed by atoms with Crippen LogP contribution in [-0.2, 0) is 7.05 Å². The lowest BCUT2D eigenvalue weighted by molar-refractivity contribution is 0.938. The van der Waals surface area contributed by atoms with Crippen LogP contribution < -0.4 is 5.73 Å². The zero-order valence-corrected chi connectivity index (χ0v) is 9.20. The van der Waals surface area contributed by atoms with Gasteiger partial charge >= 0.3 is 0 Å².